The summed E-state index contributed by atoms with van der Waals surface area (Å²) < 4.78 is 39.0. The van der Waals surface area contributed by atoms with Crippen molar-refractivity contribution in [2.24, 2.45) is 0 Å². The van der Waals surface area contributed by atoms with E-state index in [0.29, 0.717) is 23.8 Å². The lowest BCUT2D eigenvalue weighted by Gasteiger charge is -2.29. The molecule has 146 valence electrons. The molecule has 1 heterocycles. The third-order valence-electron chi connectivity index (χ3n) is 4.59. The summed E-state index contributed by atoms with van der Waals surface area (Å²) in [5.74, 6) is 1.13. The number of ether oxygens (including phenoxy) is 2. The third-order valence-corrected chi connectivity index (χ3v) is 5.98. The Kier molecular flexibility index (Phi) is 6.11. The minimum absolute atomic E-state index is 0.177. The number of nitrogens with one attached hydrogen (secondary N) is 1. The Morgan fingerprint density at radius 2 is 1.74 bits per heavy atom. The first-order valence-corrected chi connectivity index (χ1v) is 10.7. The molecule has 0 atom stereocenters. The summed E-state index contributed by atoms with van der Waals surface area (Å²) in [4.78, 5) is 2.45. The lowest BCUT2D eigenvalue weighted by Crippen LogP contribution is -2.29. The highest BCUT2D eigenvalue weighted by atomic mass is 32.2. The molecule has 1 aliphatic heterocycles. The molecule has 2 aromatic rings. The molecule has 3 rings (SSSR count). The Morgan fingerprint density at radius 3 is 2.37 bits per heavy atom. The summed E-state index contributed by atoms with van der Waals surface area (Å²) in [7, 11) is -2.20. The first-order chi connectivity index (χ1) is 13.0. The molecule has 1 saturated heterocycles. The first-order valence-electron chi connectivity index (χ1n) is 9.22. The number of methoxy groups -OCH3 is 1. The van der Waals surface area contributed by atoms with Crippen LogP contribution < -0.4 is 19.1 Å². The molecule has 0 saturated carbocycles. The predicted octanol–water partition coefficient (Wildman–Crippen LogP) is 3.89. The summed E-state index contributed by atoms with van der Waals surface area (Å²) in [6.45, 7) is 4.38. The highest BCUT2D eigenvalue weighted by Crippen LogP contribution is 2.32. The number of piperidine rings is 1. The van der Waals surface area contributed by atoms with Gasteiger partial charge in [0, 0.05) is 18.8 Å². The van der Waals surface area contributed by atoms with E-state index in [-0.39, 0.29) is 4.90 Å². The SMILES string of the molecule is CCOc1ccc(S(=O)(=O)Nc2cc(N3CCCCC3)ccc2OC)cc1. The van der Waals surface area contributed by atoms with E-state index in [1.807, 2.05) is 19.1 Å². The molecular weight excluding hydrogens is 364 g/mol. The molecule has 0 spiro atoms. The zero-order chi connectivity index (χ0) is 19.3. The minimum atomic E-state index is -3.73. The van der Waals surface area contributed by atoms with E-state index in [2.05, 4.69) is 9.62 Å². The van der Waals surface area contributed by atoms with E-state index in [1.165, 1.54) is 25.7 Å². The van der Waals surface area contributed by atoms with Crippen LogP contribution in [-0.2, 0) is 10.0 Å². The predicted molar refractivity (Wildman–Crippen MR) is 107 cm³/mol. The van der Waals surface area contributed by atoms with Crippen LogP contribution in [0.15, 0.2) is 47.4 Å². The summed E-state index contributed by atoms with van der Waals surface area (Å²) in [6.07, 6.45) is 3.54. The van der Waals surface area contributed by atoms with Gasteiger partial charge in [0.25, 0.3) is 10.0 Å². The highest BCUT2D eigenvalue weighted by molar-refractivity contribution is 7.92. The summed E-state index contributed by atoms with van der Waals surface area (Å²) in [5.41, 5.74) is 1.44. The maximum Gasteiger partial charge on any atom is 0.262 e. The highest BCUT2D eigenvalue weighted by Gasteiger charge is 2.19. The van der Waals surface area contributed by atoms with Crippen LogP contribution in [0.2, 0.25) is 0 Å². The standard InChI is InChI=1S/C20H26N2O4S/c1-3-26-17-8-10-18(11-9-17)27(23,24)21-19-15-16(7-12-20(19)25-2)22-13-5-4-6-14-22/h7-12,15,21H,3-6,13-14H2,1-2H3. The molecule has 0 aliphatic carbocycles. The fraction of sp³-hybridized carbons (Fsp3) is 0.400. The van der Waals surface area contributed by atoms with Crippen LogP contribution in [0.5, 0.6) is 11.5 Å². The summed E-state index contributed by atoms with van der Waals surface area (Å²) in [5, 5.41) is 0. The Morgan fingerprint density at radius 1 is 1.04 bits per heavy atom. The number of hydrogen-bond acceptors (Lipinski definition) is 5. The number of rotatable bonds is 7. The van der Waals surface area contributed by atoms with Crippen LogP contribution in [0.25, 0.3) is 0 Å². The van der Waals surface area contributed by atoms with Crippen LogP contribution in [0.3, 0.4) is 0 Å². The first kappa shape index (κ1) is 19.4. The van der Waals surface area contributed by atoms with Crippen molar-refractivity contribution >= 4 is 21.4 Å². The second kappa shape index (κ2) is 8.52. The fourth-order valence-corrected chi connectivity index (χ4v) is 4.27. The van der Waals surface area contributed by atoms with Crippen molar-refractivity contribution in [3.8, 4) is 11.5 Å². The second-order valence-electron chi connectivity index (χ2n) is 6.44. The van der Waals surface area contributed by atoms with Gasteiger partial charge in [-0.05, 0) is 68.7 Å². The number of nitrogens with zero attached hydrogens (tertiary/aromatic N) is 1. The number of benzene rings is 2. The molecule has 1 aliphatic rings. The molecule has 0 unspecified atom stereocenters. The van der Waals surface area contributed by atoms with Gasteiger partial charge in [0.05, 0.1) is 24.3 Å². The van der Waals surface area contributed by atoms with Gasteiger partial charge < -0.3 is 14.4 Å². The maximum absolute atomic E-state index is 12.8. The molecule has 0 radical (unpaired) electrons. The van der Waals surface area contributed by atoms with E-state index in [4.69, 9.17) is 9.47 Å². The molecule has 6 nitrogen and oxygen atoms in total. The lowest BCUT2D eigenvalue weighted by atomic mass is 10.1. The molecule has 2 aromatic carbocycles. The monoisotopic (exact) mass is 390 g/mol. The van der Waals surface area contributed by atoms with Crippen LogP contribution >= 0.6 is 0 Å². The van der Waals surface area contributed by atoms with Crippen molar-refractivity contribution in [1.29, 1.82) is 0 Å². The molecule has 0 bridgehead atoms. The maximum atomic E-state index is 12.8. The molecule has 0 aromatic heterocycles. The van der Waals surface area contributed by atoms with Crippen molar-refractivity contribution in [3.63, 3.8) is 0 Å². The molecule has 1 N–H and O–H groups in total. The van der Waals surface area contributed by atoms with Crippen molar-refractivity contribution in [3.05, 3.63) is 42.5 Å². The van der Waals surface area contributed by atoms with Crippen LogP contribution in [0, 0.1) is 0 Å². The summed E-state index contributed by atoms with van der Waals surface area (Å²) in [6, 6.07) is 12.0. The van der Waals surface area contributed by atoms with Crippen LogP contribution in [0.1, 0.15) is 26.2 Å². The van der Waals surface area contributed by atoms with Gasteiger partial charge in [-0.3, -0.25) is 4.72 Å². The molecule has 1 fully saturated rings. The van der Waals surface area contributed by atoms with E-state index in [1.54, 1.807) is 18.2 Å². The van der Waals surface area contributed by atoms with Crippen LogP contribution in [0.4, 0.5) is 11.4 Å². The average molecular weight is 391 g/mol. The quantitative estimate of drug-likeness (QED) is 0.777. The van der Waals surface area contributed by atoms with E-state index < -0.39 is 10.0 Å². The Labute approximate surface area is 161 Å². The van der Waals surface area contributed by atoms with Gasteiger partial charge in [-0.1, -0.05) is 0 Å². The van der Waals surface area contributed by atoms with Gasteiger partial charge in [0.1, 0.15) is 11.5 Å². The largest absolute Gasteiger partial charge is 0.495 e. The van der Waals surface area contributed by atoms with Gasteiger partial charge in [0.15, 0.2) is 0 Å². The number of hydrogen-bond donors (Lipinski definition) is 1. The topological polar surface area (TPSA) is 67.9 Å². The van der Waals surface area contributed by atoms with E-state index in [9.17, 15) is 8.42 Å². The lowest BCUT2D eigenvalue weighted by molar-refractivity contribution is 0.340. The van der Waals surface area contributed by atoms with Gasteiger partial charge in [-0.15, -0.1) is 0 Å². The molecule has 7 heteroatoms. The van der Waals surface area contributed by atoms with E-state index in [0.717, 1.165) is 31.6 Å². The van der Waals surface area contributed by atoms with Crippen molar-refractivity contribution in [1.82, 2.24) is 0 Å². The molecule has 0 amide bonds. The Hall–Kier alpha value is -2.41. The molecular formula is C20H26N2O4S. The van der Waals surface area contributed by atoms with Gasteiger partial charge in [0.2, 0.25) is 0 Å². The van der Waals surface area contributed by atoms with Crippen molar-refractivity contribution in [2.75, 3.05) is 36.4 Å². The fourth-order valence-electron chi connectivity index (χ4n) is 3.21. The smallest absolute Gasteiger partial charge is 0.262 e. The Bertz CT molecular complexity index is 860. The number of sulfonamides is 1. The zero-order valence-corrected chi connectivity index (χ0v) is 16.6. The van der Waals surface area contributed by atoms with Gasteiger partial charge in [-0.2, -0.15) is 0 Å². The zero-order valence-electron chi connectivity index (χ0n) is 15.8. The second-order valence-corrected chi connectivity index (χ2v) is 8.12. The van der Waals surface area contributed by atoms with Crippen LogP contribution in [-0.4, -0.2) is 35.2 Å². The third kappa shape index (κ3) is 4.66. The minimum Gasteiger partial charge on any atom is -0.495 e. The average Bonchev–Trinajstić information content (AvgIpc) is 2.69. The van der Waals surface area contributed by atoms with Crippen molar-refractivity contribution in [2.45, 2.75) is 31.1 Å². The number of anilines is 2. The summed E-state index contributed by atoms with van der Waals surface area (Å²) >= 11 is 0. The van der Waals surface area contributed by atoms with Gasteiger partial charge >= 0.3 is 0 Å². The van der Waals surface area contributed by atoms with Gasteiger partial charge in [-0.25, -0.2) is 8.42 Å². The van der Waals surface area contributed by atoms with E-state index >= 15 is 0 Å². The Balaban J connectivity index is 1.85. The van der Waals surface area contributed by atoms with Crippen molar-refractivity contribution < 1.29 is 17.9 Å². The normalized spacial score (nSPS) is 14.7. The molecule has 27 heavy (non-hydrogen) atoms.